The Morgan fingerprint density at radius 1 is 1.05 bits per heavy atom. The first kappa shape index (κ1) is 15.6. The van der Waals surface area contributed by atoms with Crippen LogP contribution >= 0.6 is 7.14 Å². The van der Waals surface area contributed by atoms with E-state index in [1.807, 2.05) is 75.4 Å². The van der Waals surface area contributed by atoms with Crippen LogP contribution in [0.25, 0.3) is 5.31 Å². The standard InChI is InChI=1S/C19H21OP/c1-5-19(17-9-7-6-8-10-17)21(20,15(2)3)18-13-11-16(4)12-14-18/h6-15H,1H2,2-4H3/t21-/m0/s1. The van der Waals surface area contributed by atoms with Gasteiger partial charge in [0.25, 0.3) is 0 Å². The molecule has 1 atom stereocenters. The van der Waals surface area contributed by atoms with E-state index >= 15 is 0 Å². The van der Waals surface area contributed by atoms with Crippen molar-refractivity contribution in [2.24, 2.45) is 0 Å². The van der Waals surface area contributed by atoms with Gasteiger partial charge < -0.3 is 4.57 Å². The third kappa shape index (κ3) is 2.95. The molecule has 2 heteroatoms. The summed E-state index contributed by atoms with van der Waals surface area (Å²) in [5.74, 6) is 0. The van der Waals surface area contributed by atoms with E-state index in [1.54, 1.807) is 0 Å². The van der Waals surface area contributed by atoms with Gasteiger partial charge in [0.15, 0.2) is 7.14 Å². The highest BCUT2D eigenvalue weighted by atomic mass is 31.2. The predicted octanol–water partition coefficient (Wildman–Crippen LogP) is 5.22. The molecule has 0 saturated heterocycles. The van der Waals surface area contributed by atoms with Crippen molar-refractivity contribution in [2.45, 2.75) is 26.4 Å². The summed E-state index contributed by atoms with van der Waals surface area (Å²) in [6.07, 6.45) is 0. The largest absolute Gasteiger partial charge is 0.313 e. The molecule has 0 bridgehead atoms. The fraction of sp³-hybridized carbons (Fsp3) is 0.211. The molecule has 0 aliphatic rings. The van der Waals surface area contributed by atoms with Crippen LogP contribution in [0.4, 0.5) is 0 Å². The molecule has 0 N–H and O–H groups in total. The van der Waals surface area contributed by atoms with Gasteiger partial charge in [-0.15, -0.1) is 5.73 Å². The monoisotopic (exact) mass is 296 g/mol. The summed E-state index contributed by atoms with van der Waals surface area (Å²) in [5, 5.41) is 1.60. The van der Waals surface area contributed by atoms with Crippen molar-refractivity contribution in [3.63, 3.8) is 0 Å². The Morgan fingerprint density at radius 3 is 2.10 bits per heavy atom. The van der Waals surface area contributed by atoms with E-state index in [0.29, 0.717) is 0 Å². The van der Waals surface area contributed by atoms with E-state index in [-0.39, 0.29) is 5.66 Å². The Kier molecular flexibility index (Phi) is 4.68. The first-order valence-corrected chi connectivity index (χ1v) is 8.90. The van der Waals surface area contributed by atoms with Crippen LogP contribution in [0, 0.1) is 6.92 Å². The van der Waals surface area contributed by atoms with Crippen LogP contribution in [-0.2, 0) is 4.57 Å². The van der Waals surface area contributed by atoms with Crippen molar-refractivity contribution in [1.29, 1.82) is 0 Å². The van der Waals surface area contributed by atoms with Gasteiger partial charge in [0, 0.05) is 11.0 Å². The predicted molar refractivity (Wildman–Crippen MR) is 92.5 cm³/mol. The van der Waals surface area contributed by atoms with E-state index in [9.17, 15) is 4.57 Å². The summed E-state index contributed by atoms with van der Waals surface area (Å²) in [6, 6.07) is 17.8. The lowest BCUT2D eigenvalue weighted by Crippen LogP contribution is -2.13. The van der Waals surface area contributed by atoms with Gasteiger partial charge in [-0.25, -0.2) is 0 Å². The third-order valence-electron chi connectivity index (χ3n) is 3.69. The first-order chi connectivity index (χ1) is 10.00. The normalized spacial score (nSPS) is 13.5. The second-order valence-electron chi connectivity index (χ2n) is 5.48. The molecule has 2 aromatic carbocycles. The molecule has 21 heavy (non-hydrogen) atoms. The molecule has 0 unspecified atom stereocenters. The molecule has 0 aromatic heterocycles. The summed E-state index contributed by atoms with van der Waals surface area (Å²) < 4.78 is 13.8. The average Bonchev–Trinajstić information content (AvgIpc) is 2.49. The second kappa shape index (κ2) is 6.31. The van der Waals surface area contributed by atoms with Gasteiger partial charge in [-0.05, 0) is 12.5 Å². The van der Waals surface area contributed by atoms with Crippen LogP contribution in [0.15, 0.2) is 66.9 Å². The minimum atomic E-state index is -2.75. The summed E-state index contributed by atoms with van der Waals surface area (Å²) in [4.78, 5) is 0. The zero-order valence-corrected chi connectivity index (χ0v) is 13.7. The fourth-order valence-corrected chi connectivity index (χ4v) is 5.19. The highest BCUT2D eigenvalue weighted by Crippen LogP contribution is 2.60. The zero-order chi connectivity index (χ0) is 15.5. The lowest BCUT2D eigenvalue weighted by molar-refractivity contribution is 0.582. The number of hydrogen-bond donors (Lipinski definition) is 0. The number of benzene rings is 2. The van der Waals surface area contributed by atoms with Gasteiger partial charge in [-0.3, -0.25) is 0 Å². The number of hydrogen-bond acceptors (Lipinski definition) is 1. The highest BCUT2D eigenvalue weighted by Gasteiger charge is 2.34. The molecule has 1 nitrogen and oxygen atoms in total. The zero-order valence-electron chi connectivity index (χ0n) is 12.8. The van der Waals surface area contributed by atoms with Crippen molar-refractivity contribution < 1.29 is 4.57 Å². The molecule has 0 saturated carbocycles. The summed E-state index contributed by atoms with van der Waals surface area (Å²) in [7, 11) is -2.75. The molecule has 2 aromatic rings. The molecular formula is C19H21OP. The Morgan fingerprint density at radius 2 is 1.62 bits per heavy atom. The molecule has 0 spiro atoms. The van der Waals surface area contributed by atoms with Gasteiger partial charge in [0.1, 0.15) is 0 Å². The molecule has 2 rings (SSSR count). The van der Waals surface area contributed by atoms with E-state index < -0.39 is 7.14 Å². The lowest BCUT2D eigenvalue weighted by Gasteiger charge is -2.24. The van der Waals surface area contributed by atoms with Gasteiger partial charge in [-0.2, -0.15) is 0 Å². The SMILES string of the molecule is C=C=C(c1ccccc1)[P@@](=O)(c1ccc(C)cc1)C(C)C. The van der Waals surface area contributed by atoms with E-state index in [1.165, 1.54) is 0 Å². The van der Waals surface area contributed by atoms with Crippen LogP contribution in [0.3, 0.4) is 0 Å². The van der Waals surface area contributed by atoms with Crippen molar-refractivity contribution in [3.05, 3.63) is 78.0 Å². The molecule has 0 fully saturated rings. The Labute approximate surface area is 127 Å². The summed E-state index contributed by atoms with van der Waals surface area (Å²) >= 11 is 0. The van der Waals surface area contributed by atoms with Crippen LogP contribution in [0.1, 0.15) is 25.0 Å². The maximum absolute atomic E-state index is 13.8. The maximum Gasteiger partial charge on any atom is 0.153 e. The summed E-state index contributed by atoms with van der Waals surface area (Å²) in [6.45, 7) is 9.83. The second-order valence-corrected chi connectivity index (χ2v) is 8.79. The number of rotatable bonds is 4. The lowest BCUT2D eigenvalue weighted by atomic mass is 10.2. The molecular weight excluding hydrogens is 275 g/mol. The van der Waals surface area contributed by atoms with Crippen LogP contribution in [-0.4, -0.2) is 5.66 Å². The van der Waals surface area contributed by atoms with Crippen LogP contribution < -0.4 is 5.30 Å². The highest BCUT2D eigenvalue weighted by molar-refractivity contribution is 7.81. The Balaban J connectivity index is 2.65. The average molecular weight is 296 g/mol. The van der Waals surface area contributed by atoms with Gasteiger partial charge in [0.05, 0.1) is 5.31 Å². The summed E-state index contributed by atoms with van der Waals surface area (Å²) in [5.41, 5.74) is 5.06. The van der Waals surface area contributed by atoms with E-state index in [2.05, 4.69) is 12.3 Å². The van der Waals surface area contributed by atoms with Crippen molar-refractivity contribution in [1.82, 2.24) is 0 Å². The quantitative estimate of drug-likeness (QED) is 0.558. The van der Waals surface area contributed by atoms with Gasteiger partial charge >= 0.3 is 0 Å². The van der Waals surface area contributed by atoms with Crippen molar-refractivity contribution in [3.8, 4) is 0 Å². The molecule has 0 aliphatic carbocycles. The maximum atomic E-state index is 13.8. The van der Waals surface area contributed by atoms with Crippen molar-refractivity contribution >= 4 is 17.8 Å². The fourth-order valence-electron chi connectivity index (χ4n) is 2.46. The molecule has 0 radical (unpaired) electrons. The third-order valence-corrected chi connectivity index (χ3v) is 7.29. The molecule has 0 amide bonds. The van der Waals surface area contributed by atoms with Gasteiger partial charge in [0.2, 0.25) is 0 Å². The first-order valence-electron chi connectivity index (χ1n) is 7.13. The Bertz CT molecular complexity index is 705. The van der Waals surface area contributed by atoms with E-state index in [4.69, 9.17) is 0 Å². The topological polar surface area (TPSA) is 17.1 Å². The number of aryl methyl sites for hydroxylation is 1. The minimum Gasteiger partial charge on any atom is -0.313 e. The minimum absolute atomic E-state index is 0.00432. The van der Waals surface area contributed by atoms with Crippen LogP contribution in [0.2, 0.25) is 0 Å². The van der Waals surface area contributed by atoms with Crippen LogP contribution in [0.5, 0.6) is 0 Å². The van der Waals surface area contributed by atoms with E-state index in [0.717, 1.165) is 21.7 Å². The van der Waals surface area contributed by atoms with Gasteiger partial charge in [-0.1, -0.05) is 80.6 Å². The molecule has 108 valence electrons. The van der Waals surface area contributed by atoms with Crippen molar-refractivity contribution in [2.75, 3.05) is 0 Å². The smallest absolute Gasteiger partial charge is 0.153 e. The molecule has 0 heterocycles. The Hall–Kier alpha value is -1.81. The molecule has 0 aliphatic heterocycles.